The van der Waals surface area contributed by atoms with E-state index in [9.17, 15) is 9.59 Å². The maximum absolute atomic E-state index is 13.3. The zero-order chi connectivity index (χ0) is 20.2. The molecule has 4 rings (SSSR count). The number of esters is 1. The van der Waals surface area contributed by atoms with E-state index in [-0.39, 0.29) is 17.4 Å². The van der Waals surface area contributed by atoms with Crippen molar-refractivity contribution >= 4 is 11.9 Å². The number of hydrogen-bond acceptors (Lipinski definition) is 6. The number of carbonyl (C=O) groups is 2. The van der Waals surface area contributed by atoms with E-state index in [1.165, 1.54) is 45.6 Å². The first kappa shape index (κ1) is 19.6. The summed E-state index contributed by atoms with van der Waals surface area (Å²) in [5.41, 5.74) is 1.15. The fourth-order valence-corrected chi connectivity index (χ4v) is 4.45. The normalized spacial score (nSPS) is 18.6. The number of rotatable bonds is 4. The van der Waals surface area contributed by atoms with Crippen LogP contribution in [0.5, 0.6) is 0 Å². The third-order valence-electron chi connectivity index (χ3n) is 6.04. The van der Waals surface area contributed by atoms with Crippen LogP contribution in [0.25, 0.3) is 11.3 Å². The molecule has 1 aromatic heterocycles. The van der Waals surface area contributed by atoms with E-state index in [4.69, 9.17) is 9.15 Å². The maximum Gasteiger partial charge on any atom is 0.360 e. The predicted molar refractivity (Wildman–Crippen MR) is 108 cm³/mol. The molecule has 1 aromatic carbocycles. The van der Waals surface area contributed by atoms with E-state index in [0.717, 1.165) is 13.1 Å². The van der Waals surface area contributed by atoms with Gasteiger partial charge >= 0.3 is 5.97 Å². The van der Waals surface area contributed by atoms with Crippen molar-refractivity contribution in [3.63, 3.8) is 0 Å². The Hall–Kier alpha value is -2.67. The van der Waals surface area contributed by atoms with Gasteiger partial charge in [0.25, 0.3) is 5.91 Å². The molecule has 2 aromatic rings. The number of carbonyl (C=O) groups excluding carboxylic acids is 2. The fourth-order valence-electron chi connectivity index (χ4n) is 4.45. The highest BCUT2D eigenvalue weighted by molar-refractivity contribution is 6.03. The minimum atomic E-state index is -0.586. The molecule has 0 spiro atoms. The predicted octanol–water partition coefficient (Wildman–Crippen LogP) is 3.22. The zero-order valence-electron chi connectivity index (χ0n) is 16.8. The van der Waals surface area contributed by atoms with Gasteiger partial charge in [0.15, 0.2) is 17.8 Å². The van der Waals surface area contributed by atoms with Gasteiger partial charge in [0.2, 0.25) is 0 Å². The molecule has 2 aliphatic rings. The first-order valence-corrected chi connectivity index (χ1v) is 10.3. The minimum Gasteiger partial charge on any atom is -0.464 e. The molecule has 1 amide bonds. The number of nitrogens with zero attached hydrogens (tertiary/aromatic N) is 3. The number of piperazine rings is 1. The molecule has 1 saturated carbocycles. The molecular weight excluding hydrogens is 370 g/mol. The SMILES string of the molecule is COC(=O)c1ncoc1-c1ccccc1C(=O)N1CCN(C2CCCCC2)CC1. The van der Waals surface area contributed by atoms with Gasteiger partial charge < -0.3 is 14.1 Å². The lowest BCUT2D eigenvalue weighted by atomic mass is 9.93. The molecule has 1 aliphatic carbocycles. The monoisotopic (exact) mass is 397 g/mol. The Morgan fingerprint density at radius 3 is 2.52 bits per heavy atom. The molecule has 29 heavy (non-hydrogen) atoms. The van der Waals surface area contributed by atoms with Gasteiger partial charge in [-0.3, -0.25) is 9.69 Å². The molecule has 2 fully saturated rings. The molecule has 0 bridgehead atoms. The molecule has 0 N–H and O–H groups in total. The Labute approximate surface area is 170 Å². The molecule has 7 nitrogen and oxygen atoms in total. The van der Waals surface area contributed by atoms with Crippen molar-refractivity contribution < 1.29 is 18.7 Å². The van der Waals surface area contributed by atoms with Gasteiger partial charge in [-0.15, -0.1) is 0 Å². The van der Waals surface area contributed by atoms with E-state index in [0.29, 0.717) is 30.3 Å². The molecule has 7 heteroatoms. The van der Waals surface area contributed by atoms with E-state index < -0.39 is 5.97 Å². The Morgan fingerprint density at radius 1 is 1.07 bits per heavy atom. The molecule has 1 saturated heterocycles. The van der Waals surface area contributed by atoms with Crippen LogP contribution < -0.4 is 0 Å². The Balaban J connectivity index is 1.51. The Kier molecular flexibility index (Phi) is 5.94. The number of oxazole rings is 1. The molecular formula is C22H27N3O4. The number of hydrogen-bond donors (Lipinski definition) is 0. The smallest absolute Gasteiger partial charge is 0.360 e. The van der Waals surface area contributed by atoms with Crippen LogP contribution in [0.15, 0.2) is 35.1 Å². The summed E-state index contributed by atoms with van der Waals surface area (Å²) in [7, 11) is 1.30. The number of aromatic nitrogens is 1. The third-order valence-corrected chi connectivity index (χ3v) is 6.04. The second-order valence-corrected chi connectivity index (χ2v) is 7.69. The number of methoxy groups -OCH3 is 1. The van der Waals surface area contributed by atoms with E-state index in [1.807, 2.05) is 17.0 Å². The highest BCUT2D eigenvalue weighted by Crippen LogP contribution is 2.29. The van der Waals surface area contributed by atoms with E-state index in [1.54, 1.807) is 12.1 Å². The van der Waals surface area contributed by atoms with Crippen LogP contribution in [0.2, 0.25) is 0 Å². The molecule has 2 heterocycles. The van der Waals surface area contributed by atoms with Crippen molar-refractivity contribution in [3.05, 3.63) is 41.9 Å². The summed E-state index contributed by atoms with van der Waals surface area (Å²) >= 11 is 0. The molecule has 0 radical (unpaired) electrons. The maximum atomic E-state index is 13.3. The van der Waals surface area contributed by atoms with Gasteiger partial charge in [0.1, 0.15) is 0 Å². The first-order valence-electron chi connectivity index (χ1n) is 10.3. The van der Waals surface area contributed by atoms with Crippen LogP contribution in [-0.4, -0.2) is 66.0 Å². The Bertz CT molecular complexity index is 864. The van der Waals surface area contributed by atoms with E-state index >= 15 is 0 Å². The van der Waals surface area contributed by atoms with Gasteiger partial charge in [-0.05, 0) is 18.9 Å². The first-order chi connectivity index (χ1) is 14.2. The van der Waals surface area contributed by atoms with Crippen LogP contribution in [0.1, 0.15) is 53.0 Å². The summed E-state index contributed by atoms with van der Waals surface area (Å²) in [6.45, 7) is 3.25. The van der Waals surface area contributed by atoms with Crippen molar-refractivity contribution in [1.29, 1.82) is 0 Å². The van der Waals surface area contributed by atoms with Crippen LogP contribution in [-0.2, 0) is 4.74 Å². The van der Waals surface area contributed by atoms with Gasteiger partial charge in [-0.2, -0.15) is 0 Å². The van der Waals surface area contributed by atoms with E-state index in [2.05, 4.69) is 9.88 Å². The topological polar surface area (TPSA) is 75.9 Å². The van der Waals surface area contributed by atoms with Crippen molar-refractivity contribution in [1.82, 2.24) is 14.8 Å². The second kappa shape index (κ2) is 8.78. The lowest BCUT2D eigenvalue weighted by Gasteiger charge is -2.40. The van der Waals surface area contributed by atoms with Crippen LogP contribution >= 0.6 is 0 Å². The molecule has 0 unspecified atom stereocenters. The summed E-state index contributed by atoms with van der Waals surface area (Å²) < 4.78 is 10.2. The average Bonchev–Trinajstić information content (AvgIpc) is 3.28. The quantitative estimate of drug-likeness (QED) is 0.738. The molecule has 1 aliphatic heterocycles. The third kappa shape index (κ3) is 4.05. The summed E-state index contributed by atoms with van der Waals surface area (Å²) in [5, 5.41) is 0. The van der Waals surface area contributed by atoms with Crippen molar-refractivity contribution in [2.75, 3.05) is 33.3 Å². The highest BCUT2D eigenvalue weighted by atomic mass is 16.5. The van der Waals surface area contributed by atoms with Crippen molar-refractivity contribution in [3.8, 4) is 11.3 Å². The largest absolute Gasteiger partial charge is 0.464 e. The number of amides is 1. The summed E-state index contributed by atoms with van der Waals surface area (Å²) in [6, 6.07) is 7.86. The van der Waals surface area contributed by atoms with Crippen LogP contribution in [0.4, 0.5) is 0 Å². The summed E-state index contributed by atoms with van der Waals surface area (Å²) in [6.07, 6.45) is 7.73. The molecule has 154 valence electrons. The van der Waals surface area contributed by atoms with Crippen LogP contribution in [0, 0.1) is 0 Å². The molecule has 0 atom stereocenters. The number of benzene rings is 1. The van der Waals surface area contributed by atoms with Gasteiger partial charge in [-0.25, -0.2) is 9.78 Å². The summed E-state index contributed by atoms with van der Waals surface area (Å²) in [5.74, 6) is -0.366. The number of ether oxygens (including phenoxy) is 1. The minimum absolute atomic E-state index is 0.0453. The Morgan fingerprint density at radius 2 is 1.79 bits per heavy atom. The van der Waals surface area contributed by atoms with Gasteiger partial charge in [-0.1, -0.05) is 37.5 Å². The van der Waals surface area contributed by atoms with Crippen molar-refractivity contribution in [2.24, 2.45) is 0 Å². The van der Waals surface area contributed by atoms with Crippen LogP contribution in [0.3, 0.4) is 0 Å². The summed E-state index contributed by atoms with van der Waals surface area (Å²) in [4.78, 5) is 33.7. The van der Waals surface area contributed by atoms with Gasteiger partial charge in [0.05, 0.1) is 12.7 Å². The second-order valence-electron chi connectivity index (χ2n) is 7.69. The lowest BCUT2D eigenvalue weighted by molar-refractivity contribution is 0.0522. The van der Waals surface area contributed by atoms with Gasteiger partial charge in [0, 0.05) is 37.8 Å². The lowest BCUT2D eigenvalue weighted by Crippen LogP contribution is -2.52. The zero-order valence-corrected chi connectivity index (χ0v) is 16.8. The highest BCUT2D eigenvalue weighted by Gasteiger charge is 2.29. The standard InChI is InChI=1S/C22H27N3O4/c1-28-22(27)19-20(29-15-23-19)17-9-5-6-10-18(17)21(26)25-13-11-24(12-14-25)16-7-3-2-4-8-16/h5-6,9-10,15-16H,2-4,7-8,11-14H2,1H3. The van der Waals surface area contributed by atoms with Crippen molar-refractivity contribution in [2.45, 2.75) is 38.1 Å². The fraction of sp³-hybridized carbons (Fsp3) is 0.500. The average molecular weight is 397 g/mol.